The summed E-state index contributed by atoms with van der Waals surface area (Å²) in [4.78, 5) is 17.4. The SMILES string of the molecule is COc1ccc(OC)c(C2CCCN2C(=O)c2cc3c(C)nn(CC(C)C)c3s2)c1. The van der Waals surface area contributed by atoms with Crippen molar-refractivity contribution in [3.63, 3.8) is 0 Å². The van der Waals surface area contributed by atoms with Crippen molar-refractivity contribution in [2.45, 2.75) is 46.2 Å². The van der Waals surface area contributed by atoms with Gasteiger partial charge in [0.25, 0.3) is 5.91 Å². The summed E-state index contributed by atoms with van der Waals surface area (Å²) in [5, 5.41) is 5.75. The number of ether oxygens (including phenoxy) is 2. The van der Waals surface area contributed by atoms with Gasteiger partial charge in [-0.3, -0.25) is 9.48 Å². The second-order valence-corrected chi connectivity index (χ2v) is 9.29. The number of aryl methyl sites for hydroxylation is 1. The van der Waals surface area contributed by atoms with Crippen LogP contribution in [0.5, 0.6) is 11.5 Å². The van der Waals surface area contributed by atoms with Crippen LogP contribution in [0.1, 0.15) is 53.7 Å². The van der Waals surface area contributed by atoms with Gasteiger partial charge in [-0.1, -0.05) is 13.8 Å². The van der Waals surface area contributed by atoms with Gasteiger partial charge in [0, 0.05) is 24.0 Å². The summed E-state index contributed by atoms with van der Waals surface area (Å²) in [5.74, 6) is 2.15. The van der Waals surface area contributed by atoms with Crippen molar-refractivity contribution in [3.8, 4) is 11.5 Å². The third kappa shape index (κ3) is 3.67. The van der Waals surface area contributed by atoms with E-state index in [4.69, 9.17) is 9.47 Å². The number of thiophene rings is 1. The van der Waals surface area contributed by atoms with Crippen molar-refractivity contribution in [3.05, 3.63) is 40.4 Å². The second kappa shape index (κ2) is 8.30. The van der Waals surface area contributed by atoms with Crippen LogP contribution in [0.3, 0.4) is 0 Å². The van der Waals surface area contributed by atoms with Crippen molar-refractivity contribution in [1.82, 2.24) is 14.7 Å². The van der Waals surface area contributed by atoms with Gasteiger partial charge in [0.05, 0.1) is 30.8 Å². The van der Waals surface area contributed by atoms with Gasteiger partial charge in [0.15, 0.2) is 0 Å². The number of amides is 1. The minimum atomic E-state index is -0.0129. The number of benzene rings is 1. The van der Waals surface area contributed by atoms with Crippen LogP contribution in [0.2, 0.25) is 0 Å². The van der Waals surface area contributed by atoms with E-state index in [-0.39, 0.29) is 11.9 Å². The zero-order valence-corrected chi connectivity index (χ0v) is 19.1. The molecule has 0 saturated carbocycles. The number of aromatic nitrogens is 2. The van der Waals surface area contributed by atoms with Crippen molar-refractivity contribution in [1.29, 1.82) is 0 Å². The third-order valence-electron chi connectivity index (χ3n) is 5.67. The predicted molar refractivity (Wildman–Crippen MR) is 120 cm³/mol. The lowest BCUT2D eigenvalue weighted by molar-refractivity contribution is 0.0739. The summed E-state index contributed by atoms with van der Waals surface area (Å²) in [6, 6.07) is 7.79. The quantitative estimate of drug-likeness (QED) is 0.552. The number of rotatable bonds is 6. The number of hydrogen-bond donors (Lipinski definition) is 0. The van der Waals surface area contributed by atoms with Crippen LogP contribution < -0.4 is 9.47 Å². The van der Waals surface area contributed by atoms with E-state index in [0.717, 1.165) is 63.8 Å². The summed E-state index contributed by atoms with van der Waals surface area (Å²) in [7, 11) is 3.32. The smallest absolute Gasteiger partial charge is 0.264 e. The molecule has 4 rings (SSSR count). The van der Waals surface area contributed by atoms with Crippen molar-refractivity contribution in [2.75, 3.05) is 20.8 Å². The Bertz CT molecular complexity index is 1070. The van der Waals surface area contributed by atoms with Gasteiger partial charge < -0.3 is 14.4 Å². The number of likely N-dealkylation sites (tertiary alicyclic amines) is 1. The van der Waals surface area contributed by atoms with E-state index in [2.05, 4.69) is 18.9 Å². The first kappa shape index (κ1) is 20.7. The van der Waals surface area contributed by atoms with Crippen LogP contribution in [0.4, 0.5) is 0 Å². The third-order valence-corrected chi connectivity index (χ3v) is 6.80. The Balaban J connectivity index is 1.68. The average Bonchev–Trinajstić information content (AvgIpc) is 3.44. The Labute approximate surface area is 181 Å². The molecule has 1 atom stereocenters. The number of methoxy groups -OCH3 is 2. The Morgan fingerprint density at radius 2 is 2.07 bits per heavy atom. The Hall–Kier alpha value is -2.54. The van der Waals surface area contributed by atoms with E-state index in [1.54, 1.807) is 25.6 Å². The molecule has 0 aliphatic carbocycles. The minimum absolute atomic E-state index is 0.0129. The first-order chi connectivity index (χ1) is 14.4. The number of nitrogens with zero attached hydrogens (tertiary/aromatic N) is 3. The minimum Gasteiger partial charge on any atom is -0.497 e. The number of carbonyl (C=O) groups is 1. The van der Waals surface area contributed by atoms with E-state index in [1.165, 1.54) is 0 Å². The highest BCUT2D eigenvalue weighted by molar-refractivity contribution is 7.20. The first-order valence-corrected chi connectivity index (χ1v) is 11.2. The topological polar surface area (TPSA) is 56.6 Å². The van der Waals surface area contributed by atoms with Crippen LogP contribution in [0.15, 0.2) is 24.3 Å². The molecule has 0 spiro atoms. The van der Waals surface area contributed by atoms with Gasteiger partial charge in [0.1, 0.15) is 16.3 Å². The van der Waals surface area contributed by atoms with Crippen molar-refractivity contribution >= 4 is 27.5 Å². The van der Waals surface area contributed by atoms with Gasteiger partial charge in [-0.25, -0.2) is 0 Å². The lowest BCUT2D eigenvalue weighted by atomic mass is 10.0. The Morgan fingerprint density at radius 3 is 2.77 bits per heavy atom. The van der Waals surface area contributed by atoms with Crippen LogP contribution in [0.25, 0.3) is 10.2 Å². The molecule has 1 aliphatic heterocycles. The fourth-order valence-corrected chi connectivity index (χ4v) is 5.39. The molecular formula is C23H29N3O3S. The van der Waals surface area contributed by atoms with E-state index in [9.17, 15) is 4.79 Å². The van der Waals surface area contributed by atoms with Crippen LogP contribution >= 0.6 is 11.3 Å². The van der Waals surface area contributed by atoms with Crippen LogP contribution in [-0.4, -0.2) is 41.4 Å². The molecule has 2 aromatic heterocycles. The molecule has 3 heterocycles. The summed E-state index contributed by atoms with van der Waals surface area (Å²) in [6.07, 6.45) is 1.89. The number of carbonyl (C=O) groups excluding carboxylic acids is 1. The highest BCUT2D eigenvalue weighted by atomic mass is 32.1. The van der Waals surface area contributed by atoms with E-state index in [1.807, 2.05) is 40.8 Å². The van der Waals surface area contributed by atoms with E-state index in [0.29, 0.717) is 5.92 Å². The maximum absolute atomic E-state index is 13.5. The fourth-order valence-electron chi connectivity index (χ4n) is 4.26. The molecule has 1 aromatic carbocycles. The summed E-state index contributed by atoms with van der Waals surface area (Å²) in [6.45, 7) is 7.97. The fraction of sp³-hybridized carbons (Fsp3) is 0.478. The van der Waals surface area contributed by atoms with Gasteiger partial charge in [-0.15, -0.1) is 11.3 Å². The molecule has 1 amide bonds. The Kier molecular flexibility index (Phi) is 5.73. The molecule has 1 aliphatic rings. The summed E-state index contributed by atoms with van der Waals surface area (Å²) >= 11 is 1.55. The molecule has 1 fully saturated rings. The molecule has 160 valence electrons. The van der Waals surface area contributed by atoms with Crippen molar-refractivity contribution in [2.24, 2.45) is 5.92 Å². The number of hydrogen-bond acceptors (Lipinski definition) is 5. The predicted octanol–water partition coefficient (Wildman–Crippen LogP) is 5.06. The molecule has 1 unspecified atom stereocenters. The van der Waals surface area contributed by atoms with Crippen molar-refractivity contribution < 1.29 is 14.3 Å². The number of fused-ring (bicyclic) bond motifs is 1. The molecule has 7 heteroatoms. The molecule has 6 nitrogen and oxygen atoms in total. The molecule has 1 saturated heterocycles. The zero-order valence-electron chi connectivity index (χ0n) is 18.3. The normalized spacial score (nSPS) is 16.6. The zero-order chi connectivity index (χ0) is 21.4. The molecule has 30 heavy (non-hydrogen) atoms. The molecular weight excluding hydrogens is 398 g/mol. The summed E-state index contributed by atoms with van der Waals surface area (Å²) in [5.41, 5.74) is 1.99. The lowest BCUT2D eigenvalue weighted by Crippen LogP contribution is -2.30. The van der Waals surface area contributed by atoms with E-state index >= 15 is 0 Å². The highest BCUT2D eigenvalue weighted by Crippen LogP contribution is 2.40. The van der Waals surface area contributed by atoms with Gasteiger partial charge in [-0.2, -0.15) is 5.10 Å². The Morgan fingerprint density at radius 1 is 1.27 bits per heavy atom. The largest absolute Gasteiger partial charge is 0.497 e. The molecule has 0 bridgehead atoms. The summed E-state index contributed by atoms with van der Waals surface area (Å²) < 4.78 is 13.1. The maximum atomic E-state index is 13.5. The van der Waals surface area contributed by atoms with Gasteiger partial charge >= 0.3 is 0 Å². The molecule has 0 radical (unpaired) electrons. The average molecular weight is 428 g/mol. The first-order valence-electron chi connectivity index (χ1n) is 10.4. The second-order valence-electron chi connectivity index (χ2n) is 8.26. The highest BCUT2D eigenvalue weighted by Gasteiger charge is 2.34. The molecule has 0 N–H and O–H groups in total. The van der Waals surface area contributed by atoms with Gasteiger partial charge in [0.2, 0.25) is 0 Å². The van der Waals surface area contributed by atoms with Crippen LogP contribution in [0, 0.1) is 12.8 Å². The lowest BCUT2D eigenvalue weighted by Gasteiger charge is -2.26. The van der Waals surface area contributed by atoms with Gasteiger partial charge in [-0.05, 0) is 49.9 Å². The maximum Gasteiger partial charge on any atom is 0.264 e. The van der Waals surface area contributed by atoms with E-state index < -0.39 is 0 Å². The monoisotopic (exact) mass is 427 g/mol. The standard InChI is InChI=1S/C23H29N3O3S/c1-14(2)13-26-23-17(15(3)24-26)12-21(30-23)22(27)25-10-6-7-19(25)18-11-16(28-4)8-9-20(18)29-5/h8-9,11-12,14,19H,6-7,10,13H2,1-5H3. The molecule has 3 aromatic rings. The van der Waals surface area contributed by atoms with Crippen LogP contribution in [-0.2, 0) is 6.54 Å².